The molecule has 1 amide bonds. The Balaban J connectivity index is 1.65. The molecule has 1 heterocycles. The van der Waals surface area contributed by atoms with E-state index < -0.39 is 4.92 Å². The van der Waals surface area contributed by atoms with Gasteiger partial charge in [-0.2, -0.15) is 0 Å². The second kappa shape index (κ2) is 6.72. The van der Waals surface area contributed by atoms with Crippen LogP contribution in [0.1, 0.15) is 15.9 Å². The SMILES string of the molecule is O=C(NCCc1c[nH]c2ccc(Cl)cc12)c1cccc([N+](=O)[O-])c1. The summed E-state index contributed by atoms with van der Waals surface area (Å²) in [6.07, 6.45) is 2.52. The number of non-ortho nitro benzene ring substituents is 1. The largest absolute Gasteiger partial charge is 0.361 e. The van der Waals surface area contributed by atoms with E-state index in [0.717, 1.165) is 16.5 Å². The van der Waals surface area contributed by atoms with Gasteiger partial charge in [-0.1, -0.05) is 17.7 Å². The summed E-state index contributed by atoms with van der Waals surface area (Å²) in [7, 11) is 0. The number of hydrogen-bond donors (Lipinski definition) is 2. The number of hydrogen-bond acceptors (Lipinski definition) is 3. The first-order valence-electron chi connectivity index (χ1n) is 7.33. The maximum Gasteiger partial charge on any atom is 0.270 e. The number of fused-ring (bicyclic) bond motifs is 1. The number of nitro benzene ring substituents is 1. The van der Waals surface area contributed by atoms with Crippen LogP contribution in [0.5, 0.6) is 0 Å². The molecule has 6 nitrogen and oxygen atoms in total. The molecule has 0 atom stereocenters. The van der Waals surface area contributed by atoms with Crippen LogP contribution in [0.15, 0.2) is 48.7 Å². The van der Waals surface area contributed by atoms with Crippen molar-refractivity contribution in [2.45, 2.75) is 6.42 Å². The highest BCUT2D eigenvalue weighted by Gasteiger charge is 2.11. The normalized spacial score (nSPS) is 10.7. The lowest BCUT2D eigenvalue weighted by molar-refractivity contribution is -0.384. The zero-order chi connectivity index (χ0) is 17.1. The first-order chi connectivity index (χ1) is 11.5. The van der Waals surface area contributed by atoms with Crippen molar-refractivity contribution in [2.24, 2.45) is 0 Å². The van der Waals surface area contributed by atoms with Crippen molar-refractivity contribution in [1.82, 2.24) is 10.3 Å². The van der Waals surface area contributed by atoms with Crippen molar-refractivity contribution in [3.8, 4) is 0 Å². The number of benzene rings is 2. The molecule has 0 bridgehead atoms. The summed E-state index contributed by atoms with van der Waals surface area (Å²) in [6.45, 7) is 0.418. The summed E-state index contributed by atoms with van der Waals surface area (Å²) in [5.74, 6) is -0.337. The zero-order valence-corrected chi connectivity index (χ0v) is 13.3. The molecule has 7 heteroatoms. The molecule has 0 radical (unpaired) electrons. The molecule has 0 saturated heterocycles. The molecule has 2 N–H and O–H groups in total. The van der Waals surface area contributed by atoms with Gasteiger partial charge in [-0.3, -0.25) is 14.9 Å². The highest BCUT2D eigenvalue weighted by atomic mass is 35.5. The van der Waals surface area contributed by atoms with Crippen molar-refractivity contribution in [1.29, 1.82) is 0 Å². The summed E-state index contributed by atoms with van der Waals surface area (Å²) in [5, 5.41) is 15.2. The van der Waals surface area contributed by atoms with Crippen LogP contribution in [0, 0.1) is 10.1 Å². The van der Waals surface area contributed by atoms with E-state index in [9.17, 15) is 14.9 Å². The Morgan fingerprint density at radius 3 is 2.88 bits per heavy atom. The lowest BCUT2D eigenvalue weighted by atomic mass is 10.1. The molecule has 3 aromatic rings. The van der Waals surface area contributed by atoms with Crippen molar-refractivity contribution < 1.29 is 9.72 Å². The second-order valence-electron chi connectivity index (χ2n) is 5.32. The lowest BCUT2D eigenvalue weighted by Gasteiger charge is -2.05. The van der Waals surface area contributed by atoms with Crippen LogP contribution < -0.4 is 5.32 Å². The first kappa shape index (κ1) is 16.0. The Morgan fingerprint density at radius 1 is 1.25 bits per heavy atom. The minimum atomic E-state index is -0.521. The van der Waals surface area contributed by atoms with Crippen LogP contribution in [0.2, 0.25) is 5.02 Å². The molecule has 24 heavy (non-hydrogen) atoms. The van der Waals surface area contributed by atoms with Crippen LogP contribution in [0.25, 0.3) is 10.9 Å². The third-order valence-electron chi connectivity index (χ3n) is 3.73. The fourth-order valence-electron chi connectivity index (χ4n) is 2.53. The average Bonchev–Trinajstić information content (AvgIpc) is 2.97. The molecule has 0 aliphatic carbocycles. The number of rotatable bonds is 5. The van der Waals surface area contributed by atoms with Gasteiger partial charge in [0, 0.05) is 46.4 Å². The molecule has 0 unspecified atom stereocenters. The fourth-order valence-corrected chi connectivity index (χ4v) is 2.70. The average molecular weight is 344 g/mol. The quantitative estimate of drug-likeness (QED) is 0.547. The molecule has 0 aliphatic heterocycles. The van der Waals surface area contributed by atoms with Gasteiger partial charge in [0.25, 0.3) is 11.6 Å². The molecule has 0 spiro atoms. The summed E-state index contributed by atoms with van der Waals surface area (Å²) in [6, 6.07) is 11.3. The van der Waals surface area contributed by atoms with Crippen molar-refractivity contribution in [2.75, 3.05) is 6.54 Å². The molecule has 0 saturated carbocycles. The summed E-state index contributed by atoms with van der Waals surface area (Å²) in [4.78, 5) is 25.5. The summed E-state index contributed by atoms with van der Waals surface area (Å²) >= 11 is 6.01. The Kier molecular flexibility index (Phi) is 4.48. The summed E-state index contributed by atoms with van der Waals surface area (Å²) < 4.78 is 0. The number of carbonyl (C=O) groups is 1. The van der Waals surface area contributed by atoms with E-state index in [1.165, 1.54) is 18.2 Å². The van der Waals surface area contributed by atoms with Gasteiger partial charge in [0.2, 0.25) is 0 Å². The predicted octanol–water partition coefficient (Wildman–Crippen LogP) is 3.70. The number of nitrogens with one attached hydrogen (secondary N) is 2. The molecule has 0 aliphatic rings. The minimum Gasteiger partial charge on any atom is -0.361 e. The van der Waals surface area contributed by atoms with Gasteiger partial charge in [-0.25, -0.2) is 0 Å². The smallest absolute Gasteiger partial charge is 0.270 e. The van der Waals surface area contributed by atoms with Crippen molar-refractivity contribution in [3.05, 3.63) is 74.9 Å². The molecule has 2 aromatic carbocycles. The van der Waals surface area contributed by atoms with Crippen LogP contribution in [0.3, 0.4) is 0 Å². The number of halogens is 1. The van der Waals surface area contributed by atoms with Crippen molar-refractivity contribution in [3.63, 3.8) is 0 Å². The fraction of sp³-hybridized carbons (Fsp3) is 0.118. The van der Waals surface area contributed by atoms with E-state index in [1.807, 2.05) is 24.4 Å². The third-order valence-corrected chi connectivity index (χ3v) is 3.96. The van der Waals surface area contributed by atoms with Crippen LogP contribution >= 0.6 is 11.6 Å². The Bertz CT molecular complexity index is 920. The highest BCUT2D eigenvalue weighted by molar-refractivity contribution is 6.31. The molecular weight excluding hydrogens is 330 g/mol. The van der Waals surface area contributed by atoms with Crippen LogP contribution in [-0.2, 0) is 6.42 Å². The van der Waals surface area contributed by atoms with Gasteiger partial charge in [0.15, 0.2) is 0 Å². The number of aromatic amines is 1. The van der Waals surface area contributed by atoms with Gasteiger partial charge in [-0.15, -0.1) is 0 Å². The Morgan fingerprint density at radius 2 is 2.08 bits per heavy atom. The molecule has 0 fully saturated rings. The highest BCUT2D eigenvalue weighted by Crippen LogP contribution is 2.22. The summed E-state index contributed by atoms with van der Waals surface area (Å²) in [5.41, 5.74) is 2.20. The van der Waals surface area contributed by atoms with E-state index in [2.05, 4.69) is 10.3 Å². The number of nitro groups is 1. The molecular formula is C17H14ClN3O3. The van der Waals surface area contributed by atoms with Gasteiger partial charge >= 0.3 is 0 Å². The van der Waals surface area contributed by atoms with Gasteiger partial charge < -0.3 is 10.3 Å². The second-order valence-corrected chi connectivity index (χ2v) is 5.75. The minimum absolute atomic E-state index is 0.103. The van der Waals surface area contributed by atoms with E-state index >= 15 is 0 Å². The lowest BCUT2D eigenvalue weighted by Crippen LogP contribution is -2.25. The van der Waals surface area contributed by atoms with E-state index in [-0.39, 0.29) is 17.2 Å². The number of aromatic nitrogens is 1. The standard InChI is InChI=1S/C17H14ClN3O3/c18-13-4-5-16-15(9-13)12(10-20-16)6-7-19-17(22)11-2-1-3-14(8-11)21(23)24/h1-5,8-10,20H,6-7H2,(H,19,22). The number of nitrogens with zero attached hydrogens (tertiary/aromatic N) is 1. The molecule has 1 aromatic heterocycles. The van der Waals surface area contributed by atoms with Crippen LogP contribution in [0.4, 0.5) is 5.69 Å². The van der Waals surface area contributed by atoms with Crippen molar-refractivity contribution >= 4 is 34.1 Å². The Hall–Kier alpha value is -2.86. The van der Waals surface area contributed by atoms with Gasteiger partial charge in [0.05, 0.1) is 4.92 Å². The van der Waals surface area contributed by atoms with E-state index in [1.54, 1.807) is 6.07 Å². The van der Waals surface area contributed by atoms with E-state index in [0.29, 0.717) is 18.0 Å². The number of H-pyrrole nitrogens is 1. The Labute approximate surface area is 142 Å². The third kappa shape index (κ3) is 3.38. The zero-order valence-electron chi connectivity index (χ0n) is 12.6. The topological polar surface area (TPSA) is 88.0 Å². The van der Waals surface area contributed by atoms with Gasteiger partial charge in [-0.05, 0) is 36.2 Å². The van der Waals surface area contributed by atoms with E-state index in [4.69, 9.17) is 11.6 Å². The maximum absolute atomic E-state index is 12.1. The number of carbonyl (C=O) groups excluding carboxylic acids is 1. The number of amides is 1. The van der Waals surface area contributed by atoms with Gasteiger partial charge in [0.1, 0.15) is 0 Å². The first-order valence-corrected chi connectivity index (χ1v) is 7.70. The predicted molar refractivity (Wildman–Crippen MR) is 92.4 cm³/mol. The molecule has 122 valence electrons. The maximum atomic E-state index is 12.1. The van der Waals surface area contributed by atoms with Crippen LogP contribution in [-0.4, -0.2) is 22.4 Å². The molecule has 3 rings (SSSR count). The monoisotopic (exact) mass is 343 g/mol.